The van der Waals surface area contributed by atoms with Crippen molar-refractivity contribution in [1.29, 1.82) is 0 Å². The van der Waals surface area contributed by atoms with Crippen LogP contribution in [0, 0.1) is 0 Å². The van der Waals surface area contributed by atoms with Crippen LogP contribution in [0.5, 0.6) is 0 Å². The van der Waals surface area contributed by atoms with E-state index < -0.39 is 0 Å². The van der Waals surface area contributed by atoms with Crippen LogP contribution in [0.3, 0.4) is 0 Å². The van der Waals surface area contributed by atoms with Crippen LogP contribution in [-0.4, -0.2) is 24.5 Å². The van der Waals surface area contributed by atoms with Crippen molar-refractivity contribution < 1.29 is 4.79 Å². The van der Waals surface area contributed by atoms with Gasteiger partial charge in [0.1, 0.15) is 0 Å². The first-order chi connectivity index (χ1) is 5.77. The predicted octanol–water partition coefficient (Wildman–Crippen LogP) is 0.775. The summed E-state index contributed by atoms with van der Waals surface area (Å²) in [4.78, 5) is 12.8. The fourth-order valence-corrected chi connectivity index (χ4v) is 1.19. The molecule has 0 bridgehead atoms. The summed E-state index contributed by atoms with van der Waals surface area (Å²) in [6, 6.07) is -0.0849. The van der Waals surface area contributed by atoms with Crippen LogP contribution < -0.4 is 5.32 Å². The van der Waals surface area contributed by atoms with Crippen molar-refractivity contribution in [2.45, 2.75) is 0 Å². The average Bonchev–Trinajstić information content (AvgIpc) is 2.07. The van der Waals surface area contributed by atoms with Gasteiger partial charge in [-0.25, -0.2) is 4.79 Å². The zero-order chi connectivity index (χ0) is 8.55. The lowest BCUT2D eigenvalue weighted by Gasteiger charge is -2.26. The molecule has 0 radical (unpaired) electrons. The quantitative estimate of drug-likeness (QED) is 0.522. The lowest BCUT2D eigenvalue weighted by molar-refractivity contribution is 0.211. The van der Waals surface area contributed by atoms with E-state index in [1.807, 2.05) is 6.08 Å². The van der Waals surface area contributed by atoms with Crippen LogP contribution in [0.4, 0.5) is 4.79 Å². The molecule has 1 aliphatic carbocycles. The first-order valence-corrected chi connectivity index (χ1v) is 3.71. The van der Waals surface area contributed by atoms with E-state index in [0.717, 1.165) is 11.3 Å². The lowest BCUT2D eigenvalue weighted by atomic mass is 10.1. The molecular weight excluding hydrogens is 152 g/mol. The monoisotopic (exact) mass is 160 g/mol. The highest BCUT2D eigenvalue weighted by Gasteiger charge is 2.21. The van der Waals surface area contributed by atoms with Gasteiger partial charge in [-0.1, -0.05) is 5.73 Å². The fraction of sp³-hybridized carbons (Fsp3) is 0.222. The summed E-state index contributed by atoms with van der Waals surface area (Å²) in [6.45, 7) is 0.645. The smallest absolute Gasteiger partial charge is 0.322 e. The molecule has 2 amide bonds. The van der Waals surface area contributed by atoms with Crippen LogP contribution in [0.1, 0.15) is 0 Å². The van der Waals surface area contributed by atoms with Crippen molar-refractivity contribution in [3.05, 3.63) is 34.9 Å². The van der Waals surface area contributed by atoms with Crippen molar-refractivity contribution in [3.63, 3.8) is 0 Å². The van der Waals surface area contributed by atoms with Crippen LogP contribution in [0.25, 0.3) is 0 Å². The number of fused-ring (bicyclic) bond motifs is 1. The van der Waals surface area contributed by atoms with Crippen molar-refractivity contribution in [2.75, 3.05) is 13.6 Å². The van der Waals surface area contributed by atoms with E-state index in [1.165, 1.54) is 0 Å². The average molecular weight is 160 g/mol. The predicted molar refractivity (Wildman–Crippen MR) is 44.4 cm³/mol. The maximum absolute atomic E-state index is 11.1. The first-order valence-electron chi connectivity index (χ1n) is 3.71. The highest BCUT2D eigenvalue weighted by Crippen LogP contribution is 2.14. The van der Waals surface area contributed by atoms with Crippen molar-refractivity contribution in [1.82, 2.24) is 10.2 Å². The zero-order valence-electron chi connectivity index (χ0n) is 6.72. The Morgan fingerprint density at radius 1 is 1.67 bits per heavy atom. The van der Waals surface area contributed by atoms with E-state index in [1.54, 1.807) is 18.0 Å². The number of nitrogens with one attached hydrogen (secondary N) is 1. The third-order valence-corrected chi connectivity index (χ3v) is 1.87. The number of nitrogens with zero attached hydrogens (tertiary/aromatic N) is 1. The van der Waals surface area contributed by atoms with E-state index in [2.05, 4.69) is 16.8 Å². The number of urea groups is 1. The maximum atomic E-state index is 11.1. The summed E-state index contributed by atoms with van der Waals surface area (Å²) in [6.07, 6.45) is 3.73. The van der Waals surface area contributed by atoms with Gasteiger partial charge in [0.25, 0.3) is 0 Å². The summed E-state index contributed by atoms with van der Waals surface area (Å²) in [7, 11) is 1.76. The standard InChI is InChI=1S/C9H8N2O/c1-11-6-7-4-2-3-5-8(7)10-9(11)12/h2,4H,6H2,1H3,(H,10,12). The summed E-state index contributed by atoms with van der Waals surface area (Å²) in [5.41, 5.74) is 7.48. The van der Waals surface area contributed by atoms with Gasteiger partial charge in [-0.2, -0.15) is 0 Å². The fourth-order valence-electron chi connectivity index (χ4n) is 1.19. The minimum absolute atomic E-state index is 0.0849. The number of hydrogen-bond acceptors (Lipinski definition) is 1. The minimum atomic E-state index is -0.0849. The molecule has 1 fully saturated rings. The molecule has 0 unspecified atom stereocenters. The first kappa shape index (κ1) is 6.99. The third-order valence-electron chi connectivity index (χ3n) is 1.87. The second kappa shape index (κ2) is 2.42. The van der Waals surface area contributed by atoms with E-state index >= 15 is 0 Å². The Bertz CT molecular complexity index is 366. The Labute approximate surface area is 70.4 Å². The Balaban J connectivity index is 2.38. The molecule has 1 N–H and O–H groups in total. The molecule has 0 spiro atoms. The normalized spacial score (nSPS) is 19.8. The van der Waals surface area contributed by atoms with Gasteiger partial charge in [-0.3, -0.25) is 0 Å². The lowest BCUT2D eigenvalue weighted by Crippen LogP contribution is -2.43. The number of amides is 2. The number of likely N-dealkylation sites (N-methyl/N-ethyl adjacent to an activating group) is 1. The molecule has 0 aromatic carbocycles. The van der Waals surface area contributed by atoms with Gasteiger partial charge in [0, 0.05) is 19.2 Å². The molecule has 0 saturated carbocycles. The van der Waals surface area contributed by atoms with E-state index in [-0.39, 0.29) is 6.03 Å². The largest absolute Gasteiger partial charge is 0.323 e. The van der Waals surface area contributed by atoms with E-state index in [9.17, 15) is 4.79 Å². The number of hydrogen-bond donors (Lipinski definition) is 1. The number of rotatable bonds is 0. The Morgan fingerprint density at radius 3 is 3.33 bits per heavy atom. The molecule has 1 saturated heterocycles. The second-order valence-corrected chi connectivity index (χ2v) is 2.79. The molecule has 3 nitrogen and oxygen atoms in total. The van der Waals surface area contributed by atoms with Crippen molar-refractivity contribution in [3.8, 4) is 0 Å². The third kappa shape index (κ3) is 0.978. The van der Waals surface area contributed by atoms with Crippen LogP contribution in [-0.2, 0) is 0 Å². The van der Waals surface area contributed by atoms with Gasteiger partial charge >= 0.3 is 6.03 Å². The number of carbonyl (C=O) groups is 1. The molecule has 12 heavy (non-hydrogen) atoms. The molecule has 1 heterocycles. The van der Waals surface area contributed by atoms with Gasteiger partial charge in [0.2, 0.25) is 0 Å². The van der Waals surface area contributed by atoms with Gasteiger partial charge in [-0.05, 0) is 17.9 Å². The molecular formula is C9H8N2O. The molecule has 2 rings (SSSR count). The summed E-state index contributed by atoms with van der Waals surface area (Å²) in [5.74, 6) is 0. The second-order valence-electron chi connectivity index (χ2n) is 2.79. The van der Waals surface area contributed by atoms with Gasteiger partial charge in [0.05, 0.1) is 5.70 Å². The highest BCUT2D eigenvalue weighted by molar-refractivity contribution is 5.79. The molecule has 2 aliphatic rings. The molecule has 3 heteroatoms. The van der Waals surface area contributed by atoms with Crippen LogP contribution in [0.15, 0.2) is 34.9 Å². The van der Waals surface area contributed by atoms with E-state index in [0.29, 0.717) is 6.54 Å². The maximum Gasteiger partial charge on any atom is 0.322 e. The molecule has 1 aliphatic heterocycles. The van der Waals surface area contributed by atoms with Crippen molar-refractivity contribution in [2.24, 2.45) is 0 Å². The number of carbonyl (C=O) groups excluding carboxylic acids is 1. The Kier molecular flexibility index (Phi) is 1.41. The topological polar surface area (TPSA) is 32.3 Å². The van der Waals surface area contributed by atoms with Crippen LogP contribution >= 0.6 is 0 Å². The van der Waals surface area contributed by atoms with Gasteiger partial charge in [0.15, 0.2) is 0 Å². The van der Waals surface area contributed by atoms with Crippen LogP contribution in [0.2, 0.25) is 0 Å². The van der Waals surface area contributed by atoms with Gasteiger partial charge < -0.3 is 10.2 Å². The SMILES string of the molecule is CN1CC2=CC=C=C=C2NC1=O. The highest BCUT2D eigenvalue weighted by atomic mass is 16.2. The molecule has 0 atom stereocenters. The van der Waals surface area contributed by atoms with Crippen molar-refractivity contribution >= 4 is 6.03 Å². The molecule has 0 aromatic rings. The molecule has 0 aromatic heterocycles. The number of allylic oxidation sites excluding steroid dienone is 2. The summed E-state index contributed by atoms with van der Waals surface area (Å²) >= 11 is 0. The Morgan fingerprint density at radius 2 is 2.50 bits per heavy atom. The van der Waals surface area contributed by atoms with E-state index in [4.69, 9.17) is 0 Å². The Hall–Kier alpha value is -1.69. The summed E-state index contributed by atoms with van der Waals surface area (Å²) < 4.78 is 0. The molecule has 60 valence electrons. The van der Waals surface area contributed by atoms with Gasteiger partial charge in [-0.15, -0.1) is 0 Å². The zero-order valence-corrected chi connectivity index (χ0v) is 6.72. The minimum Gasteiger partial charge on any atom is -0.323 e. The summed E-state index contributed by atoms with van der Waals surface area (Å²) in [5, 5.41) is 2.71.